The Morgan fingerprint density at radius 3 is 2.13 bits per heavy atom. The van der Waals surface area contributed by atoms with Crippen LogP contribution in [-0.4, -0.2) is 60.9 Å². The molecule has 2 amide bonds. The van der Waals surface area contributed by atoms with Crippen molar-refractivity contribution in [1.29, 1.82) is 0 Å². The fraction of sp³-hybridized carbons (Fsp3) is 0.529. The Morgan fingerprint density at radius 1 is 0.957 bits per heavy atom. The molecule has 3 rings (SSSR count). The van der Waals surface area contributed by atoms with E-state index >= 15 is 0 Å². The van der Waals surface area contributed by atoms with Gasteiger partial charge in [-0.3, -0.25) is 9.59 Å². The summed E-state index contributed by atoms with van der Waals surface area (Å²) < 4.78 is 12.9. The highest BCUT2D eigenvalue weighted by atomic mass is 19.1. The van der Waals surface area contributed by atoms with Crippen LogP contribution in [-0.2, 0) is 4.79 Å². The van der Waals surface area contributed by atoms with E-state index in [0.717, 1.165) is 25.9 Å². The molecule has 0 spiro atoms. The second-order valence-electron chi connectivity index (χ2n) is 6.15. The minimum atomic E-state index is -0.348. The van der Waals surface area contributed by atoms with Crippen LogP contribution in [0.25, 0.3) is 0 Å². The van der Waals surface area contributed by atoms with E-state index in [1.165, 1.54) is 24.3 Å². The van der Waals surface area contributed by atoms with Crippen molar-refractivity contribution in [2.75, 3.05) is 39.3 Å². The third-order valence-corrected chi connectivity index (χ3v) is 4.66. The number of piperazine rings is 1. The average Bonchev–Trinajstić information content (AvgIpc) is 2.62. The largest absolute Gasteiger partial charge is 0.339 e. The molecule has 0 aromatic heterocycles. The van der Waals surface area contributed by atoms with Gasteiger partial charge in [-0.25, -0.2) is 4.39 Å². The number of hydrogen-bond donors (Lipinski definition) is 1. The molecular weight excluding hydrogens is 297 g/mol. The summed E-state index contributed by atoms with van der Waals surface area (Å²) in [5, 5.41) is 3.27. The Kier molecular flexibility index (Phi) is 4.91. The zero-order valence-electron chi connectivity index (χ0n) is 13.1. The summed E-state index contributed by atoms with van der Waals surface area (Å²) >= 11 is 0. The minimum Gasteiger partial charge on any atom is -0.339 e. The molecule has 2 fully saturated rings. The van der Waals surface area contributed by atoms with Gasteiger partial charge in [-0.15, -0.1) is 0 Å². The third kappa shape index (κ3) is 3.69. The van der Waals surface area contributed by atoms with Gasteiger partial charge in [0, 0.05) is 37.7 Å². The first kappa shape index (κ1) is 15.9. The highest BCUT2D eigenvalue weighted by Crippen LogP contribution is 2.17. The van der Waals surface area contributed by atoms with Gasteiger partial charge in [0.15, 0.2) is 0 Å². The van der Waals surface area contributed by atoms with Gasteiger partial charge in [-0.05, 0) is 50.2 Å². The van der Waals surface area contributed by atoms with Crippen molar-refractivity contribution < 1.29 is 14.0 Å². The molecule has 2 heterocycles. The number of nitrogens with zero attached hydrogens (tertiary/aromatic N) is 2. The van der Waals surface area contributed by atoms with Crippen LogP contribution in [0.3, 0.4) is 0 Å². The Bertz CT molecular complexity index is 562. The number of halogens is 1. The Hall–Kier alpha value is -1.95. The van der Waals surface area contributed by atoms with Crippen LogP contribution < -0.4 is 5.32 Å². The highest BCUT2D eigenvalue weighted by molar-refractivity contribution is 5.94. The lowest BCUT2D eigenvalue weighted by Crippen LogP contribution is -2.52. The van der Waals surface area contributed by atoms with Gasteiger partial charge >= 0.3 is 0 Å². The number of carbonyl (C=O) groups is 2. The van der Waals surface area contributed by atoms with Crippen LogP contribution in [0, 0.1) is 11.7 Å². The molecule has 1 aromatic rings. The van der Waals surface area contributed by atoms with Crippen molar-refractivity contribution in [3.63, 3.8) is 0 Å². The van der Waals surface area contributed by atoms with E-state index in [-0.39, 0.29) is 23.5 Å². The van der Waals surface area contributed by atoms with E-state index in [1.54, 1.807) is 4.90 Å². The number of benzene rings is 1. The maximum atomic E-state index is 12.9. The maximum absolute atomic E-state index is 12.9. The van der Waals surface area contributed by atoms with Crippen molar-refractivity contribution in [3.8, 4) is 0 Å². The molecular formula is C17H22FN3O2. The van der Waals surface area contributed by atoms with Crippen LogP contribution in [0.4, 0.5) is 4.39 Å². The minimum absolute atomic E-state index is 0.0982. The molecule has 0 bridgehead atoms. The van der Waals surface area contributed by atoms with E-state index in [2.05, 4.69) is 5.32 Å². The first-order chi connectivity index (χ1) is 11.1. The zero-order chi connectivity index (χ0) is 16.2. The molecule has 2 aliphatic rings. The molecule has 1 aromatic carbocycles. The molecule has 0 unspecified atom stereocenters. The lowest BCUT2D eigenvalue weighted by Gasteiger charge is -2.37. The molecule has 23 heavy (non-hydrogen) atoms. The first-order valence-corrected chi connectivity index (χ1v) is 8.19. The number of carbonyl (C=O) groups excluding carboxylic acids is 2. The molecule has 0 saturated carbocycles. The molecule has 5 nitrogen and oxygen atoms in total. The monoisotopic (exact) mass is 319 g/mol. The quantitative estimate of drug-likeness (QED) is 0.888. The van der Waals surface area contributed by atoms with Gasteiger partial charge < -0.3 is 15.1 Å². The summed E-state index contributed by atoms with van der Waals surface area (Å²) in [6.07, 6.45) is 1.79. The number of nitrogens with one attached hydrogen (secondary N) is 1. The average molecular weight is 319 g/mol. The molecule has 1 N–H and O–H groups in total. The van der Waals surface area contributed by atoms with Gasteiger partial charge in [-0.1, -0.05) is 0 Å². The van der Waals surface area contributed by atoms with Crippen molar-refractivity contribution >= 4 is 11.8 Å². The lowest BCUT2D eigenvalue weighted by molar-refractivity contribution is -0.137. The van der Waals surface area contributed by atoms with E-state index in [4.69, 9.17) is 0 Å². The predicted molar refractivity (Wildman–Crippen MR) is 84.5 cm³/mol. The Labute approximate surface area is 135 Å². The van der Waals surface area contributed by atoms with Crippen molar-refractivity contribution in [1.82, 2.24) is 15.1 Å². The molecule has 124 valence electrons. The zero-order valence-corrected chi connectivity index (χ0v) is 13.1. The molecule has 0 aliphatic carbocycles. The number of rotatable bonds is 2. The fourth-order valence-corrected chi connectivity index (χ4v) is 3.23. The molecule has 2 aliphatic heterocycles. The Morgan fingerprint density at radius 2 is 1.52 bits per heavy atom. The van der Waals surface area contributed by atoms with Gasteiger partial charge in [0.25, 0.3) is 5.91 Å². The van der Waals surface area contributed by atoms with Crippen LogP contribution in [0.5, 0.6) is 0 Å². The SMILES string of the molecule is O=C(c1ccc(F)cc1)N1CCN(C(=O)C2CCNCC2)CC1. The second kappa shape index (κ2) is 7.08. The van der Waals surface area contributed by atoms with Crippen molar-refractivity contribution in [3.05, 3.63) is 35.6 Å². The van der Waals surface area contributed by atoms with Crippen LogP contribution in [0.2, 0.25) is 0 Å². The molecule has 0 radical (unpaired) electrons. The molecule has 0 atom stereocenters. The first-order valence-electron chi connectivity index (χ1n) is 8.19. The van der Waals surface area contributed by atoms with Crippen molar-refractivity contribution in [2.45, 2.75) is 12.8 Å². The normalized spacial score (nSPS) is 19.7. The molecule has 2 saturated heterocycles. The van der Waals surface area contributed by atoms with E-state index in [1.807, 2.05) is 4.90 Å². The molecule has 6 heteroatoms. The standard InChI is InChI=1S/C17H22FN3O2/c18-15-3-1-13(2-4-15)16(22)20-9-11-21(12-10-20)17(23)14-5-7-19-8-6-14/h1-4,14,19H,5-12H2. The van der Waals surface area contributed by atoms with E-state index in [0.29, 0.717) is 31.7 Å². The maximum Gasteiger partial charge on any atom is 0.253 e. The van der Waals surface area contributed by atoms with Gasteiger partial charge in [0.05, 0.1) is 0 Å². The van der Waals surface area contributed by atoms with Crippen LogP contribution >= 0.6 is 0 Å². The van der Waals surface area contributed by atoms with Crippen molar-refractivity contribution in [2.24, 2.45) is 5.92 Å². The lowest BCUT2D eigenvalue weighted by atomic mass is 9.96. The summed E-state index contributed by atoms with van der Waals surface area (Å²) in [5.74, 6) is -0.103. The third-order valence-electron chi connectivity index (χ3n) is 4.66. The van der Waals surface area contributed by atoms with Gasteiger partial charge in [0.1, 0.15) is 5.82 Å². The van der Waals surface area contributed by atoms with E-state index < -0.39 is 0 Å². The Balaban J connectivity index is 1.54. The predicted octanol–water partition coefficient (Wildman–Crippen LogP) is 1.11. The topological polar surface area (TPSA) is 52.7 Å². The number of amides is 2. The van der Waals surface area contributed by atoms with Gasteiger partial charge in [0.2, 0.25) is 5.91 Å². The number of hydrogen-bond acceptors (Lipinski definition) is 3. The summed E-state index contributed by atoms with van der Waals surface area (Å²) in [4.78, 5) is 28.5. The van der Waals surface area contributed by atoms with Crippen LogP contribution in [0.1, 0.15) is 23.2 Å². The van der Waals surface area contributed by atoms with Gasteiger partial charge in [-0.2, -0.15) is 0 Å². The van der Waals surface area contributed by atoms with Crippen LogP contribution in [0.15, 0.2) is 24.3 Å². The highest BCUT2D eigenvalue weighted by Gasteiger charge is 2.29. The summed E-state index contributed by atoms with van der Waals surface area (Å²) in [7, 11) is 0. The second-order valence-corrected chi connectivity index (χ2v) is 6.15. The smallest absolute Gasteiger partial charge is 0.253 e. The fourth-order valence-electron chi connectivity index (χ4n) is 3.23. The number of piperidine rings is 1. The summed E-state index contributed by atoms with van der Waals surface area (Å²) in [5.41, 5.74) is 0.490. The van der Waals surface area contributed by atoms with E-state index in [9.17, 15) is 14.0 Å². The summed E-state index contributed by atoms with van der Waals surface area (Å²) in [6, 6.07) is 5.60. The summed E-state index contributed by atoms with van der Waals surface area (Å²) in [6.45, 7) is 4.03.